The summed E-state index contributed by atoms with van der Waals surface area (Å²) >= 11 is 0. The van der Waals surface area contributed by atoms with Crippen LogP contribution in [0.2, 0.25) is 0 Å². The molecule has 1 fully saturated rings. The highest BCUT2D eigenvalue weighted by molar-refractivity contribution is 6.01. The Morgan fingerprint density at radius 3 is 2.62 bits per heavy atom. The Hall–Kier alpha value is -4.60. The van der Waals surface area contributed by atoms with Crippen molar-refractivity contribution in [3.8, 4) is 33.8 Å². The highest BCUT2D eigenvalue weighted by atomic mass is 19.1. The topological polar surface area (TPSA) is 88.8 Å². The molecule has 3 N–H and O–H groups in total. The van der Waals surface area contributed by atoms with Crippen molar-refractivity contribution in [1.82, 2.24) is 34.9 Å². The zero-order chi connectivity index (χ0) is 30.8. The van der Waals surface area contributed by atoms with E-state index in [1.165, 1.54) is 43.6 Å². The average molecular weight is 603 g/mol. The van der Waals surface area contributed by atoms with Gasteiger partial charge in [0.05, 0.1) is 16.9 Å². The molecule has 0 atom stereocenters. The molecule has 45 heavy (non-hydrogen) atoms. The molecule has 0 aliphatic carbocycles. The number of H-pyrrole nitrogens is 2. The number of pyridine rings is 2. The SMILES string of the molecule is CN(C)CCNc1cc(F)cc(-c2nccc3[nH]c(-c4n[nH]c5ccc(-c6cncc(CCCN7CCCC7)c6)cc45)cc23)c1. The van der Waals surface area contributed by atoms with Gasteiger partial charge in [0.15, 0.2) is 0 Å². The van der Waals surface area contributed by atoms with E-state index in [0.29, 0.717) is 0 Å². The van der Waals surface area contributed by atoms with Crippen molar-refractivity contribution in [3.05, 3.63) is 84.6 Å². The molecule has 0 radical (unpaired) electrons. The first-order valence-electron chi connectivity index (χ1n) is 15.8. The number of halogens is 1. The lowest BCUT2D eigenvalue weighted by Gasteiger charge is -2.14. The zero-order valence-electron chi connectivity index (χ0n) is 25.9. The third kappa shape index (κ3) is 6.45. The van der Waals surface area contributed by atoms with Crippen molar-refractivity contribution in [1.29, 1.82) is 0 Å². The lowest BCUT2D eigenvalue weighted by molar-refractivity contribution is 0.334. The predicted molar refractivity (Wildman–Crippen MR) is 181 cm³/mol. The molecule has 4 aromatic heterocycles. The number of rotatable bonds is 11. The predicted octanol–water partition coefficient (Wildman–Crippen LogP) is 6.98. The van der Waals surface area contributed by atoms with Gasteiger partial charge in [0.25, 0.3) is 0 Å². The number of likely N-dealkylation sites (N-methyl/N-ethyl adjacent to an activating group) is 1. The summed E-state index contributed by atoms with van der Waals surface area (Å²) in [6, 6.07) is 17.7. The number of aryl methyl sites for hydroxylation is 1. The third-order valence-electron chi connectivity index (χ3n) is 8.69. The number of anilines is 1. The van der Waals surface area contributed by atoms with E-state index in [9.17, 15) is 4.39 Å². The molecule has 0 unspecified atom stereocenters. The molecule has 2 aromatic carbocycles. The number of likely N-dealkylation sites (tertiary alicyclic amines) is 1. The Kier molecular flexibility index (Phi) is 8.28. The first-order valence-corrected chi connectivity index (χ1v) is 15.8. The number of hydrogen-bond donors (Lipinski definition) is 3. The number of aromatic amines is 2. The summed E-state index contributed by atoms with van der Waals surface area (Å²) < 4.78 is 14.7. The van der Waals surface area contributed by atoms with E-state index in [2.05, 4.69) is 65.5 Å². The molecule has 230 valence electrons. The van der Waals surface area contributed by atoms with Crippen molar-refractivity contribution in [3.63, 3.8) is 0 Å². The van der Waals surface area contributed by atoms with Gasteiger partial charge in [-0.1, -0.05) is 6.07 Å². The second-order valence-corrected chi connectivity index (χ2v) is 12.3. The number of fused-ring (bicyclic) bond motifs is 2. The van der Waals surface area contributed by atoms with Gasteiger partial charge in [-0.3, -0.25) is 15.1 Å². The largest absolute Gasteiger partial charge is 0.384 e. The van der Waals surface area contributed by atoms with Crippen LogP contribution in [0.5, 0.6) is 0 Å². The maximum Gasteiger partial charge on any atom is 0.125 e. The van der Waals surface area contributed by atoms with Crippen molar-refractivity contribution in [2.24, 2.45) is 0 Å². The number of nitrogens with zero attached hydrogens (tertiary/aromatic N) is 5. The highest BCUT2D eigenvalue weighted by Gasteiger charge is 2.16. The molecule has 6 aromatic rings. The minimum absolute atomic E-state index is 0.301. The summed E-state index contributed by atoms with van der Waals surface area (Å²) in [4.78, 5) is 17.4. The van der Waals surface area contributed by atoms with Crippen LogP contribution in [0.1, 0.15) is 24.8 Å². The van der Waals surface area contributed by atoms with Crippen LogP contribution in [0.3, 0.4) is 0 Å². The van der Waals surface area contributed by atoms with Gasteiger partial charge < -0.3 is 20.1 Å². The molecule has 1 saturated heterocycles. The second-order valence-electron chi connectivity index (χ2n) is 12.3. The molecule has 5 heterocycles. The summed E-state index contributed by atoms with van der Waals surface area (Å²) in [5.41, 5.74) is 9.22. The van der Waals surface area contributed by atoms with Crippen molar-refractivity contribution in [2.45, 2.75) is 25.7 Å². The standard InChI is InChI=1S/C36H39FN8/c1-44(2)15-11-39-29-18-26(17-28(37)20-29)35-31-21-34(41-32(31)9-10-40-35)36-30-19-25(7-8-33(30)42-43-36)27-16-24(22-38-23-27)6-5-14-45-12-3-4-13-45/h7-10,16-23,39,41H,3-6,11-15H2,1-2H3,(H,42,43). The van der Waals surface area contributed by atoms with Crippen LogP contribution < -0.4 is 5.32 Å². The van der Waals surface area contributed by atoms with E-state index in [1.807, 2.05) is 38.6 Å². The molecule has 1 aliphatic rings. The van der Waals surface area contributed by atoms with Gasteiger partial charge >= 0.3 is 0 Å². The quantitative estimate of drug-likeness (QED) is 0.148. The normalized spacial score (nSPS) is 13.9. The van der Waals surface area contributed by atoms with Gasteiger partial charge in [-0.25, -0.2) is 4.39 Å². The smallest absolute Gasteiger partial charge is 0.125 e. The number of aromatic nitrogens is 5. The summed E-state index contributed by atoms with van der Waals surface area (Å²) in [5.74, 6) is -0.301. The van der Waals surface area contributed by atoms with E-state index in [1.54, 1.807) is 6.20 Å². The molecule has 7 rings (SSSR count). The Balaban J connectivity index is 1.17. The van der Waals surface area contributed by atoms with Crippen LogP contribution >= 0.6 is 0 Å². The molecular formula is C36H39FN8. The molecule has 8 nitrogen and oxygen atoms in total. The van der Waals surface area contributed by atoms with Gasteiger partial charge in [0, 0.05) is 64.8 Å². The fourth-order valence-electron chi connectivity index (χ4n) is 6.36. The minimum Gasteiger partial charge on any atom is -0.384 e. The molecule has 0 saturated carbocycles. The third-order valence-corrected chi connectivity index (χ3v) is 8.69. The molecule has 9 heteroatoms. The number of nitrogens with one attached hydrogen (secondary N) is 3. The summed E-state index contributed by atoms with van der Waals surface area (Å²) in [6.07, 6.45) is 10.5. The fourth-order valence-corrected chi connectivity index (χ4v) is 6.36. The first kappa shape index (κ1) is 29.1. The summed E-state index contributed by atoms with van der Waals surface area (Å²) in [7, 11) is 4.03. The van der Waals surface area contributed by atoms with Gasteiger partial charge in [-0.2, -0.15) is 5.10 Å². The Labute approximate surface area is 262 Å². The van der Waals surface area contributed by atoms with E-state index in [4.69, 9.17) is 5.10 Å². The maximum absolute atomic E-state index is 14.7. The van der Waals surface area contributed by atoms with Crippen LogP contribution in [-0.2, 0) is 6.42 Å². The number of hydrogen-bond acceptors (Lipinski definition) is 6. The van der Waals surface area contributed by atoms with Crippen LogP contribution in [0, 0.1) is 5.82 Å². The Morgan fingerprint density at radius 1 is 0.889 bits per heavy atom. The summed E-state index contributed by atoms with van der Waals surface area (Å²) in [5, 5.41) is 13.2. The van der Waals surface area contributed by atoms with E-state index >= 15 is 0 Å². The van der Waals surface area contributed by atoms with Crippen LogP contribution in [-0.4, -0.2) is 81.8 Å². The van der Waals surface area contributed by atoms with Gasteiger partial charge in [-0.15, -0.1) is 0 Å². The lowest BCUT2D eigenvalue weighted by atomic mass is 10.0. The Morgan fingerprint density at radius 2 is 1.76 bits per heavy atom. The number of benzene rings is 2. The lowest BCUT2D eigenvalue weighted by Crippen LogP contribution is -2.20. The van der Waals surface area contributed by atoms with Crippen molar-refractivity contribution >= 4 is 27.5 Å². The molecular weight excluding hydrogens is 563 g/mol. The molecule has 0 bridgehead atoms. The molecule has 1 aliphatic heterocycles. The second kappa shape index (κ2) is 12.8. The van der Waals surface area contributed by atoms with Gasteiger partial charge in [0.2, 0.25) is 0 Å². The molecule has 0 amide bonds. The zero-order valence-corrected chi connectivity index (χ0v) is 25.9. The van der Waals surface area contributed by atoms with E-state index < -0.39 is 0 Å². The monoisotopic (exact) mass is 602 g/mol. The maximum atomic E-state index is 14.7. The van der Waals surface area contributed by atoms with Crippen LogP contribution in [0.15, 0.2) is 73.2 Å². The first-order chi connectivity index (χ1) is 22.0. The average Bonchev–Trinajstić information content (AvgIpc) is 3.80. The van der Waals surface area contributed by atoms with Crippen LogP contribution in [0.25, 0.3) is 55.6 Å². The minimum atomic E-state index is -0.301. The molecule has 0 spiro atoms. The van der Waals surface area contributed by atoms with Crippen molar-refractivity contribution in [2.75, 3.05) is 52.1 Å². The summed E-state index contributed by atoms with van der Waals surface area (Å²) in [6.45, 7) is 5.20. The van der Waals surface area contributed by atoms with Crippen molar-refractivity contribution < 1.29 is 4.39 Å². The van der Waals surface area contributed by atoms with E-state index in [-0.39, 0.29) is 5.82 Å². The van der Waals surface area contributed by atoms with Gasteiger partial charge in [-0.05, 0) is 119 Å². The fraction of sp³-hybridized carbons (Fsp3) is 0.306. The van der Waals surface area contributed by atoms with Gasteiger partial charge in [0.1, 0.15) is 11.5 Å². The van der Waals surface area contributed by atoms with E-state index in [0.717, 1.165) is 93.7 Å². The van der Waals surface area contributed by atoms with Crippen LogP contribution in [0.4, 0.5) is 10.1 Å². The highest BCUT2D eigenvalue weighted by Crippen LogP contribution is 2.35. The Bertz CT molecular complexity index is 1930.